The Hall–Kier alpha value is -1.66. The first-order valence-corrected chi connectivity index (χ1v) is 9.35. The maximum Gasteiger partial charge on any atom is 0.234 e. The van der Waals surface area contributed by atoms with Gasteiger partial charge in [0.05, 0.1) is 18.6 Å². The zero-order chi connectivity index (χ0) is 16.7. The van der Waals surface area contributed by atoms with Crippen LogP contribution >= 0.6 is 23.5 Å². The number of carbonyl (C=O) groups is 1. The number of hydrogen-bond donors (Lipinski definition) is 1. The quantitative estimate of drug-likeness (QED) is 0.749. The van der Waals surface area contributed by atoms with Crippen LogP contribution in [0.5, 0.6) is 5.75 Å². The van der Waals surface area contributed by atoms with Crippen LogP contribution in [0.15, 0.2) is 47.4 Å². The fourth-order valence-electron chi connectivity index (χ4n) is 2.05. The van der Waals surface area contributed by atoms with Gasteiger partial charge >= 0.3 is 0 Å². The van der Waals surface area contributed by atoms with Crippen LogP contribution in [0.25, 0.3) is 0 Å². The van der Waals surface area contributed by atoms with Crippen LogP contribution < -0.4 is 10.1 Å². The third kappa shape index (κ3) is 5.18. The molecule has 0 radical (unpaired) electrons. The number of nitrogens with one attached hydrogen (secondary N) is 1. The molecule has 0 aromatic heterocycles. The smallest absolute Gasteiger partial charge is 0.234 e. The number of methoxy groups -OCH3 is 1. The summed E-state index contributed by atoms with van der Waals surface area (Å²) in [4.78, 5) is 13.1. The lowest BCUT2D eigenvalue weighted by molar-refractivity contribution is -0.113. The van der Waals surface area contributed by atoms with Crippen LogP contribution in [0.1, 0.15) is 5.56 Å². The van der Waals surface area contributed by atoms with Crippen molar-refractivity contribution >= 4 is 35.1 Å². The maximum absolute atomic E-state index is 13.3. The molecule has 0 unspecified atom stereocenters. The molecule has 0 fully saturated rings. The van der Waals surface area contributed by atoms with E-state index in [2.05, 4.69) is 5.32 Å². The minimum absolute atomic E-state index is 0.0770. The number of halogens is 1. The van der Waals surface area contributed by atoms with Crippen molar-refractivity contribution in [3.05, 3.63) is 53.8 Å². The summed E-state index contributed by atoms with van der Waals surface area (Å²) in [6, 6.07) is 12.1. The highest BCUT2D eigenvalue weighted by molar-refractivity contribution is 7.99. The molecule has 1 amide bonds. The second-order valence-electron chi connectivity index (χ2n) is 4.70. The van der Waals surface area contributed by atoms with Gasteiger partial charge in [0.15, 0.2) is 0 Å². The Morgan fingerprint density at radius 1 is 1.26 bits per heavy atom. The van der Waals surface area contributed by atoms with Crippen molar-refractivity contribution in [2.75, 3.05) is 24.4 Å². The molecule has 122 valence electrons. The van der Waals surface area contributed by atoms with Crippen LogP contribution in [-0.4, -0.2) is 25.0 Å². The van der Waals surface area contributed by atoms with Crippen LogP contribution in [0.4, 0.5) is 10.1 Å². The largest absolute Gasteiger partial charge is 0.496 e. The van der Waals surface area contributed by atoms with E-state index >= 15 is 0 Å². The summed E-state index contributed by atoms with van der Waals surface area (Å²) in [5, 5.41) is 2.90. The van der Waals surface area contributed by atoms with Gasteiger partial charge < -0.3 is 10.1 Å². The minimum Gasteiger partial charge on any atom is -0.496 e. The second kappa shape index (κ2) is 8.84. The first kappa shape index (κ1) is 17.7. The van der Waals surface area contributed by atoms with Gasteiger partial charge in [-0.05, 0) is 36.6 Å². The molecule has 3 nitrogen and oxygen atoms in total. The number of para-hydroxylation sites is 1. The summed E-state index contributed by atoms with van der Waals surface area (Å²) in [6.07, 6.45) is 1.97. The summed E-state index contributed by atoms with van der Waals surface area (Å²) < 4.78 is 18.5. The molecule has 2 rings (SSSR count). The number of amides is 1. The van der Waals surface area contributed by atoms with Gasteiger partial charge in [0, 0.05) is 16.2 Å². The van der Waals surface area contributed by atoms with Gasteiger partial charge in [-0.3, -0.25) is 4.79 Å². The molecule has 2 aromatic carbocycles. The van der Waals surface area contributed by atoms with Gasteiger partial charge in [0.2, 0.25) is 5.91 Å². The number of ether oxygens (including phenoxy) is 1. The van der Waals surface area contributed by atoms with Gasteiger partial charge in [-0.2, -0.15) is 0 Å². The van der Waals surface area contributed by atoms with Gasteiger partial charge in [-0.15, -0.1) is 23.5 Å². The predicted octanol–water partition coefficient (Wildman–Crippen LogP) is 4.43. The Balaban J connectivity index is 1.89. The number of carbonyl (C=O) groups excluding carboxylic acids is 1. The zero-order valence-corrected chi connectivity index (χ0v) is 14.6. The van der Waals surface area contributed by atoms with Crippen LogP contribution in [0.2, 0.25) is 0 Å². The number of anilines is 1. The number of hydrogen-bond acceptors (Lipinski definition) is 4. The lowest BCUT2D eigenvalue weighted by Crippen LogP contribution is -2.14. The van der Waals surface area contributed by atoms with Crippen molar-refractivity contribution in [3.8, 4) is 5.75 Å². The molecule has 0 heterocycles. The maximum atomic E-state index is 13.3. The highest BCUT2D eigenvalue weighted by Gasteiger charge is 2.09. The van der Waals surface area contributed by atoms with E-state index in [1.165, 1.54) is 23.9 Å². The van der Waals surface area contributed by atoms with Crippen molar-refractivity contribution in [2.45, 2.75) is 10.6 Å². The normalized spacial score (nSPS) is 10.4. The van der Waals surface area contributed by atoms with Crippen LogP contribution in [0.3, 0.4) is 0 Å². The van der Waals surface area contributed by atoms with Gasteiger partial charge in [0.1, 0.15) is 11.6 Å². The zero-order valence-electron chi connectivity index (χ0n) is 13.0. The van der Waals surface area contributed by atoms with Crippen LogP contribution in [-0.2, 0) is 10.5 Å². The molecule has 6 heteroatoms. The molecule has 0 saturated heterocycles. The standard InChI is InChI=1S/C17H18FNO2S2/c1-21-15-8-7-13(18)9-12(15)10-23-11-17(20)19-14-5-3-4-6-16(14)22-2/h3-9H,10-11H2,1-2H3,(H,19,20). The molecule has 0 bridgehead atoms. The Kier molecular flexibility index (Phi) is 6.80. The highest BCUT2D eigenvalue weighted by Crippen LogP contribution is 2.26. The predicted molar refractivity (Wildman–Crippen MR) is 96.0 cm³/mol. The molecular weight excluding hydrogens is 333 g/mol. The molecule has 0 spiro atoms. The first-order valence-electron chi connectivity index (χ1n) is 6.97. The molecule has 23 heavy (non-hydrogen) atoms. The SMILES string of the molecule is COc1ccc(F)cc1CSCC(=O)Nc1ccccc1SC. The van der Waals surface area contributed by atoms with E-state index in [4.69, 9.17) is 4.74 Å². The van der Waals surface area contributed by atoms with Crippen LogP contribution in [0, 0.1) is 5.82 Å². The van der Waals surface area contributed by atoms with E-state index in [1.807, 2.05) is 30.5 Å². The fraction of sp³-hybridized carbons (Fsp3) is 0.235. The van der Waals surface area contributed by atoms with E-state index < -0.39 is 0 Å². The molecule has 0 aliphatic heterocycles. The van der Waals surface area contributed by atoms with E-state index in [0.717, 1.165) is 16.1 Å². The van der Waals surface area contributed by atoms with Gasteiger partial charge in [-0.25, -0.2) is 4.39 Å². The number of rotatable bonds is 7. The summed E-state index contributed by atoms with van der Waals surface area (Å²) in [7, 11) is 1.55. The van der Waals surface area contributed by atoms with Gasteiger partial charge in [-0.1, -0.05) is 12.1 Å². The Bertz CT molecular complexity index is 679. The first-order chi connectivity index (χ1) is 11.1. The Morgan fingerprint density at radius 2 is 2.04 bits per heavy atom. The summed E-state index contributed by atoms with van der Waals surface area (Å²) in [5.41, 5.74) is 1.56. The van der Waals surface area contributed by atoms with E-state index in [1.54, 1.807) is 24.9 Å². The lowest BCUT2D eigenvalue weighted by atomic mass is 10.2. The average molecular weight is 351 g/mol. The molecule has 2 aromatic rings. The third-order valence-corrected chi connectivity index (χ3v) is 4.89. The van der Waals surface area contributed by atoms with E-state index in [0.29, 0.717) is 17.3 Å². The fourth-order valence-corrected chi connectivity index (χ4v) is 3.41. The Morgan fingerprint density at radius 3 is 2.78 bits per heavy atom. The summed E-state index contributed by atoms with van der Waals surface area (Å²) in [6.45, 7) is 0. The number of thioether (sulfide) groups is 2. The van der Waals surface area contributed by atoms with Gasteiger partial charge in [0.25, 0.3) is 0 Å². The lowest BCUT2D eigenvalue weighted by Gasteiger charge is -2.10. The topological polar surface area (TPSA) is 38.3 Å². The molecule has 0 aliphatic rings. The molecule has 0 atom stereocenters. The Labute approximate surface area is 144 Å². The molecular formula is C17H18FNO2S2. The monoisotopic (exact) mass is 351 g/mol. The average Bonchev–Trinajstić information content (AvgIpc) is 2.55. The van der Waals surface area contributed by atoms with Crippen molar-refractivity contribution < 1.29 is 13.9 Å². The van der Waals surface area contributed by atoms with E-state index in [9.17, 15) is 9.18 Å². The van der Waals surface area contributed by atoms with Crippen molar-refractivity contribution in [2.24, 2.45) is 0 Å². The third-order valence-electron chi connectivity index (χ3n) is 3.11. The molecule has 1 N–H and O–H groups in total. The molecule has 0 saturated carbocycles. The summed E-state index contributed by atoms with van der Waals surface area (Å²) in [5.74, 6) is 1.06. The molecule has 0 aliphatic carbocycles. The van der Waals surface area contributed by atoms with E-state index in [-0.39, 0.29) is 11.7 Å². The van der Waals surface area contributed by atoms with Crippen molar-refractivity contribution in [1.29, 1.82) is 0 Å². The second-order valence-corrected chi connectivity index (χ2v) is 6.53. The minimum atomic E-state index is -0.306. The van der Waals surface area contributed by atoms with Crippen molar-refractivity contribution in [3.63, 3.8) is 0 Å². The number of benzene rings is 2. The summed E-state index contributed by atoms with van der Waals surface area (Å²) >= 11 is 3.00. The highest BCUT2D eigenvalue weighted by atomic mass is 32.2. The van der Waals surface area contributed by atoms with Crippen molar-refractivity contribution in [1.82, 2.24) is 0 Å².